The fraction of sp³-hybridized carbons (Fsp3) is 0.250. The molecule has 7 nitrogen and oxygen atoms in total. The van der Waals surface area contributed by atoms with E-state index in [0.717, 1.165) is 18.5 Å². The van der Waals surface area contributed by atoms with E-state index in [9.17, 15) is 4.79 Å². The number of likely N-dealkylation sites (tertiary alicyclic amines) is 1. The van der Waals surface area contributed by atoms with Gasteiger partial charge in [0.25, 0.3) is 5.91 Å². The van der Waals surface area contributed by atoms with Crippen LogP contribution in [-0.2, 0) is 0 Å². The number of nitrogens with zero attached hydrogens (tertiary/aromatic N) is 5. The lowest BCUT2D eigenvalue weighted by atomic mass is 9.95. The molecule has 27 heavy (non-hydrogen) atoms. The van der Waals surface area contributed by atoms with E-state index in [2.05, 4.69) is 20.2 Å². The van der Waals surface area contributed by atoms with Gasteiger partial charge in [-0.3, -0.25) is 9.78 Å². The molecule has 0 N–H and O–H groups in total. The van der Waals surface area contributed by atoms with Crippen LogP contribution in [0.3, 0.4) is 0 Å². The second kappa shape index (κ2) is 7.90. The average molecular weight is 361 g/mol. The molecule has 136 valence electrons. The maximum atomic E-state index is 12.6. The van der Waals surface area contributed by atoms with Crippen LogP contribution in [0, 0.1) is 0 Å². The third-order valence-corrected chi connectivity index (χ3v) is 4.51. The Morgan fingerprint density at radius 2 is 2.00 bits per heavy atom. The van der Waals surface area contributed by atoms with Crippen molar-refractivity contribution in [3.63, 3.8) is 0 Å². The van der Waals surface area contributed by atoms with Crippen LogP contribution in [0.15, 0.2) is 61.1 Å². The van der Waals surface area contributed by atoms with Crippen molar-refractivity contribution >= 4 is 5.91 Å². The molecule has 0 saturated carbocycles. The number of hydrogen-bond donors (Lipinski definition) is 0. The second-order valence-corrected chi connectivity index (χ2v) is 6.40. The molecule has 3 heterocycles. The van der Waals surface area contributed by atoms with Crippen LogP contribution in [-0.4, -0.2) is 44.1 Å². The summed E-state index contributed by atoms with van der Waals surface area (Å²) in [5.74, 6) is 1.19. The van der Waals surface area contributed by atoms with Crippen LogP contribution >= 0.6 is 0 Å². The van der Waals surface area contributed by atoms with Crippen LogP contribution in [0.4, 0.5) is 0 Å². The molecule has 1 amide bonds. The van der Waals surface area contributed by atoms with Gasteiger partial charge in [0.05, 0.1) is 11.9 Å². The molecule has 0 aliphatic carbocycles. The summed E-state index contributed by atoms with van der Waals surface area (Å²) < 4.78 is 5.78. The molecule has 0 radical (unpaired) electrons. The first-order chi connectivity index (χ1) is 13.3. The lowest BCUT2D eigenvalue weighted by Crippen LogP contribution is -2.39. The van der Waals surface area contributed by atoms with Crippen molar-refractivity contribution in [1.82, 2.24) is 25.1 Å². The highest BCUT2D eigenvalue weighted by atomic mass is 16.5. The fourth-order valence-electron chi connectivity index (χ4n) is 3.20. The molecule has 7 heteroatoms. The number of carbonyl (C=O) groups excluding carboxylic acids is 1. The van der Waals surface area contributed by atoms with E-state index < -0.39 is 0 Å². The molecule has 0 unspecified atom stereocenters. The SMILES string of the molecule is O=C(c1cccnn1)N1CCC[C@H](c2cncc(Oc3ccccc3)n2)C1. The zero-order valence-corrected chi connectivity index (χ0v) is 14.7. The number of aromatic nitrogens is 4. The molecule has 1 saturated heterocycles. The van der Waals surface area contributed by atoms with E-state index in [4.69, 9.17) is 4.74 Å². The smallest absolute Gasteiger partial charge is 0.274 e. The molecule has 0 spiro atoms. The van der Waals surface area contributed by atoms with Gasteiger partial charge in [-0.1, -0.05) is 18.2 Å². The molecule has 3 aromatic rings. The Bertz CT molecular complexity index is 905. The summed E-state index contributed by atoms with van der Waals surface area (Å²) >= 11 is 0. The highest BCUT2D eigenvalue weighted by Gasteiger charge is 2.27. The van der Waals surface area contributed by atoms with Crippen LogP contribution < -0.4 is 4.74 Å². The minimum Gasteiger partial charge on any atom is -0.437 e. The predicted molar refractivity (Wildman–Crippen MR) is 98.5 cm³/mol. The molecule has 1 fully saturated rings. The van der Waals surface area contributed by atoms with Gasteiger partial charge in [-0.25, -0.2) is 4.98 Å². The predicted octanol–water partition coefficient (Wildman–Crippen LogP) is 3.08. The number of para-hydroxylation sites is 1. The van der Waals surface area contributed by atoms with E-state index in [1.54, 1.807) is 30.7 Å². The molecule has 1 aliphatic heterocycles. The van der Waals surface area contributed by atoms with Crippen molar-refractivity contribution in [3.8, 4) is 11.6 Å². The Hall–Kier alpha value is -3.35. The van der Waals surface area contributed by atoms with E-state index in [-0.39, 0.29) is 11.8 Å². The van der Waals surface area contributed by atoms with Crippen molar-refractivity contribution in [1.29, 1.82) is 0 Å². The molecule has 1 aromatic carbocycles. The Kier molecular flexibility index (Phi) is 5.00. The number of ether oxygens (including phenoxy) is 1. The maximum absolute atomic E-state index is 12.6. The lowest BCUT2D eigenvalue weighted by molar-refractivity contribution is 0.0698. The highest BCUT2D eigenvalue weighted by Crippen LogP contribution is 2.28. The number of carbonyl (C=O) groups is 1. The standard InChI is InChI=1S/C20H19N5O2/c26-20(17-9-4-10-22-24-17)25-11-5-6-15(14-25)18-12-21-13-19(23-18)27-16-7-2-1-3-8-16/h1-4,7-10,12-13,15H,5-6,11,14H2/t15-/m0/s1. The minimum absolute atomic E-state index is 0.0996. The minimum atomic E-state index is -0.0996. The zero-order valence-electron chi connectivity index (χ0n) is 14.7. The van der Waals surface area contributed by atoms with Gasteiger partial charge in [-0.2, -0.15) is 5.10 Å². The van der Waals surface area contributed by atoms with Gasteiger partial charge in [0, 0.05) is 31.4 Å². The second-order valence-electron chi connectivity index (χ2n) is 6.40. The van der Waals surface area contributed by atoms with Gasteiger partial charge in [-0.05, 0) is 37.1 Å². The molecule has 1 aliphatic rings. The van der Waals surface area contributed by atoms with Crippen molar-refractivity contribution < 1.29 is 9.53 Å². The van der Waals surface area contributed by atoms with E-state index >= 15 is 0 Å². The fourth-order valence-corrected chi connectivity index (χ4v) is 3.20. The van der Waals surface area contributed by atoms with Gasteiger partial charge in [0.2, 0.25) is 5.88 Å². The lowest BCUT2D eigenvalue weighted by Gasteiger charge is -2.32. The first-order valence-corrected chi connectivity index (χ1v) is 8.91. The van der Waals surface area contributed by atoms with Crippen LogP contribution in [0.1, 0.15) is 34.9 Å². The molecular weight excluding hydrogens is 342 g/mol. The normalized spacial score (nSPS) is 16.7. The van der Waals surface area contributed by atoms with Crippen LogP contribution in [0.25, 0.3) is 0 Å². The van der Waals surface area contributed by atoms with Crippen LogP contribution in [0.5, 0.6) is 11.6 Å². The van der Waals surface area contributed by atoms with Crippen molar-refractivity contribution in [2.24, 2.45) is 0 Å². The third kappa shape index (κ3) is 4.08. The van der Waals surface area contributed by atoms with Gasteiger partial charge in [0.15, 0.2) is 5.69 Å². The summed E-state index contributed by atoms with van der Waals surface area (Å²) in [4.78, 5) is 23.3. The zero-order chi connectivity index (χ0) is 18.5. The van der Waals surface area contributed by atoms with Crippen molar-refractivity contribution in [2.75, 3.05) is 13.1 Å². The topological polar surface area (TPSA) is 81.1 Å². The highest BCUT2D eigenvalue weighted by molar-refractivity contribution is 5.92. The molecule has 4 rings (SSSR count). The van der Waals surface area contributed by atoms with Crippen molar-refractivity contribution in [3.05, 3.63) is 72.4 Å². The first-order valence-electron chi connectivity index (χ1n) is 8.91. The summed E-state index contributed by atoms with van der Waals surface area (Å²) in [7, 11) is 0. The largest absolute Gasteiger partial charge is 0.437 e. The summed E-state index contributed by atoms with van der Waals surface area (Å²) in [6, 6.07) is 12.9. The first kappa shape index (κ1) is 17.1. The van der Waals surface area contributed by atoms with Crippen molar-refractivity contribution in [2.45, 2.75) is 18.8 Å². The van der Waals surface area contributed by atoms with E-state index in [1.807, 2.05) is 35.2 Å². The van der Waals surface area contributed by atoms with Crippen LogP contribution in [0.2, 0.25) is 0 Å². The van der Waals surface area contributed by atoms with Gasteiger partial charge in [-0.15, -0.1) is 5.10 Å². The van der Waals surface area contributed by atoms with E-state index in [1.165, 1.54) is 0 Å². The van der Waals surface area contributed by atoms with E-state index in [0.29, 0.717) is 30.4 Å². The van der Waals surface area contributed by atoms with Gasteiger partial charge < -0.3 is 9.64 Å². The Labute approximate surface area is 157 Å². The summed E-state index contributed by atoms with van der Waals surface area (Å²) in [5, 5.41) is 7.72. The van der Waals surface area contributed by atoms with Gasteiger partial charge >= 0.3 is 0 Å². The summed E-state index contributed by atoms with van der Waals surface area (Å²) in [6.07, 6.45) is 6.76. The Morgan fingerprint density at radius 3 is 2.81 bits per heavy atom. The Balaban J connectivity index is 1.48. The number of benzene rings is 1. The molecule has 2 aromatic heterocycles. The Morgan fingerprint density at radius 1 is 1.11 bits per heavy atom. The molecule has 1 atom stereocenters. The van der Waals surface area contributed by atoms with Gasteiger partial charge in [0.1, 0.15) is 5.75 Å². The monoisotopic (exact) mass is 361 g/mol. The molecule has 0 bridgehead atoms. The maximum Gasteiger partial charge on any atom is 0.274 e. The quantitative estimate of drug-likeness (QED) is 0.710. The number of amides is 1. The number of rotatable bonds is 4. The summed E-state index contributed by atoms with van der Waals surface area (Å²) in [6.45, 7) is 1.29. The number of hydrogen-bond acceptors (Lipinski definition) is 6. The average Bonchev–Trinajstić information content (AvgIpc) is 2.75. The number of piperidine rings is 1. The summed E-state index contributed by atoms with van der Waals surface area (Å²) in [5.41, 5.74) is 1.20. The third-order valence-electron chi connectivity index (χ3n) is 4.51. The molecular formula is C20H19N5O2.